The molecule has 138 valence electrons. The summed E-state index contributed by atoms with van der Waals surface area (Å²) in [5.74, 6) is 2.41. The minimum atomic E-state index is -2.83. The van der Waals surface area contributed by atoms with Crippen LogP contribution in [0.2, 0.25) is 0 Å². The Kier molecular flexibility index (Phi) is 18.6. The van der Waals surface area contributed by atoms with Crippen LogP contribution in [-0.4, -0.2) is 12.4 Å². The van der Waals surface area contributed by atoms with Gasteiger partial charge in [-0.05, 0) is 30.4 Å². The molecule has 1 unspecified atom stereocenters. The van der Waals surface area contributed by atoms with Crippen LogP contribution < -0.4 is 4.89 Å². The van der Waals surface area contributed by atoms with E-state index in [0.29, 0.717) is 6.61 Å². The summed E-state index contributed by atoms with van der Waals surface area (Å²) in [4.78, 5) is 12.1. The zero-order chi connectivity index (χ0) is 16.1. The maximum atomic E-state index is 12.1. The van der Waals surface area contributed by atoms with Crippen LogP contribution >= 0.6 is 17.1 Å². The van der Waals surface area contributed by atoms with E-state index in [1.165, 1.54) is 43.5 Å². The van der Waals surface area contributed by atoms with E-state index in [2.05, 4.69) is 27.7 Å². The average molecular weight is 417 g/mol. The van der Waals surface area contributed by atoms with E-state index in [1.54, 1.807) is 0 Å². The van der Waals surface area contributed by atoms with Crippen molar-refractivity contribution >= 4 is 28.9 Å². The molecule has 0 saturated carbocycles. The molecule has 0 aliphatic carbocycles. The van der Waals surface area contributed by atoms with Gasteiger partial charge in [0.25, 0.3) is 0 Å². The number of rotatable bonds is 14. The third-order valence-electron chi connectivity index (χ3n) is 3.35. The molecule has 0 bridgehead atoms. The predicted octanol–water partition coefficient (Wildman–Crippen LogP) is 5.75. The van der Waals surface area contributed by atoms with Crippen molar-refractivity contribution in [2.45, 2.75) is 79.1 Å². The summed E-state index contributed by atoms with van der Waals surface area (Å²) >= 11 is 6.43. The van der Waals surface area contributed by atoms with Crippen molar-refractivity contribution in [2.75, 3.05) is 12.4 Å². The van der Waals surface area contributed by atoms with Gasteiger partial charge in [0.05, 0.1) is 6.61 Å². The minimum Gasteiger partial charge on any atom is -0.793 e. The third-order valence-corrected chi connectivity index (χ3v) is 7.71. The smallest absolute Gasteiger partial charge is 0.793 e. The number of hydrogen-bond acceptors (Lipinski definition) is 4. The van der Waals surface area contributed by atoms with Gasteiger partial charge < -0.3 is 9.42 Å². The molecular weight excluding hydrogens is 383 g/mol. The van der Waals surface area contributed by atoms with Crippen molar-refractivity contribution in [3.05, 3.63) is 0 Å². The van der Waals surface area contributed by atoms with Gasteiger partial charge in [0.1, 0.15) is 0 Å². The second-order valence-corrected chi connectivity index (χ2v) is 12.8. The largest absolute Gasteiger partial charge is 1.00 e. The maximum absolute atomic E-state index is 12.1. The van der Waals surface area contributed by atoms with Crippen LogP contribution in [0.3, 0.4) is 0 Å². The summed E-state index contributed by atoms with van der Waals surface area (Å²) in [6.07, 6.45) is 9.45. The summed E-state index contributed by atoms with van der Waals surface area (Å²) in [6.45, 7) is 9.54. The van der Waals surface area contributed by atoms with Crippen LogP contribution in [0.4, 0.5) is 0 Å². The molecule has 2 nitrogen and oxygen atoms in total. The van der Waals surface area contributed by atoms with Crippen LogP contribution in [0, 0.1) is 11.8 Å². The first-order valence-corrected chi connectivity index (χ1v) is 12.7. The van der Waals surface area contributed by atoms with Gasteiger partial charge in [-0.15, -0.1) is 11.4 Å². The molecule has 6 heteroatoms. The minimum absolute atomic E-state index is 0. The molecule has 0 saturated heterocycles. The van der Waals surface area contributed by atoms with E-state index in [4.69, 9.17) is 16.3 Å². The average Bonchev–Trinajstić information content (AvgIpc) is 2.37. The summed E-state index contributed by atoms with van der Waals surface area (Å²) < 4.78 is 5.41. The van der Waals surface area contributed by atoms with Crippen molar-refractivity contribution in [1.29, 1.82) is 0 Å². The fourth-order valence-electron chi connectivity index (χ4n) is 2.05. The Bertz CT molecular complexity index is 265. The van der Waals surface area contributed by atoms with Crippen molar-refractivity contribution in [3.8, 4) is 0 Å². The van der Waals surface area contributed by atoms with Crippen molar-refractivity contribution in [3.63, 3.8) is 0 Å². The molecular formula is C16H34CuO2PS2. The summed E-state index contributed by atoms with van der Waals surface area (Å²) in [5, 5.41) is 0. The first-order chi connectivity index (χ1) is 9.83. The van der Waals surface area contributed by atoms with Crippen molar-refractivity contribution in [1.82, 2.24) is 0 Å². The Morgan fingerprint density at radius 2 is 1.41 bits per heavy atom. The molecule has 0 heterocycles. The van der Waals surface area contributed by atoms with E-state index in [0.717, 1.165) is 36.9 Å². The normalized spacial score (nSPS) is 14.1. The van der Waals surface area contributed by atoms with Crippen molar-refractivity contribution < 1.29 is 26.5 Å². The van der Waals surface area contributed by atoms with Crippen LogP contribution in [0.25, 0.3) is 0 Å². The molecule has 0 aliphatic rings. The topological polar surface area (TPSA) is 32.3 Å². The van der Waals surface area contributed by atoms with E-state index < -0.39 is 5.69 Å². The van der Waals surface area contributed by atoms with Gasteiger partial charge in [0.2, 0.25) is 0 Å². The predicted molar refractivity (Wildman–Crippen MR) is 99.3 cm³/mol. The fraction of sp³-hybridized carbons (Fsp3) is 1.00. The number of unbranched alkanes of at least 4 members (excludes halogenated alkanes) is 4. The van der Waals surface area contributed by atoms with E-state index in [9.17, 15) is 4.89 Å². The Morgan fingerprint density at radius 1 is 0.909 bits per heavy atom. The van der Waals surface area contributed by atoms with Crippen LogP contribution in [0.5, 0.6) is 0 Å². The first kappa shape index (κ1) is 25.7. The first-order valence-electron chi connectivity index (χ1n) is 8.43. The molecule has 0 aromatic heterocycles. The van der Waals surface area contributed by atoms with Gasteiger partial charge in [0, 0.05) is 5.69 Å². The third kappa shape index (κ3) is 19.5. The Labute approximate surface area is 158 Å². The zero-order valence-corrected chi connectivity index (χ0v) is 18.1. The molecule has 1 atom stereocenters. The zero-order valence-electron chi connectivity index (χ0n) is 14.6. The Morgan fingerprint density at radius 3 is 1.91 bits per heavy atom. The van der Waals surface area contributed by atoms with Gasteiger partial charge >= 0.3 is 17.1 Å². The molecule has 0 aromatic rings. The summed E-state index contributed by atoms with van der Waals surface area (Å²) in [6, 6.07) is 0. The van der Waals surface area contributed by atoms with E-state index in [-0.39, 0.29) is 17.1 Å². The fourth-order valence-corrected chi connectivity index (χ4v) is 5.44. The van der Waals surface area contributed by atoms with Crippen molar-refractivity contribution in [2.24, 2.45) is 11.8 Å². The molecule has 0 aliphatic heterocycles. The molecule has 0 amide bonds. The number of hydrogen-bond donors (Lipinski definition) is 0. The summed E-state index contributed by atoms with van der Waals surface area (Å²) in [5.41, 5.74) is -2.83. The second-order valence-electron chi connectivity index (χ2n) is 6.60. The summed E-state index contributed by atoms with van der Waals surface area (Å²) in [7, 11) is 0. The van der Waals surface area contributed by atoms with Gasteiger partial charge in [-0.25, -0.2) is 0 Å². The van der Waals surface area contributed by atoms with Gasteiger partial charge in [-0.2, -0.15) is 0 Å². The molecule has 0 aromatic carbocycles. The molecule has 0 fully saturated rings. The van der Waals surface area contributed by atoms with Gasteiger partial charge in [0.15, 0.2) is 0 Å². The Balaban J connectivity index is 0. The molecule has 0 radical (unpaired) electrons. The Hall–Kier alpha value is 1.44. The van der Waals surface area contributed by atoms with E-state index in [1.807, 2.05) is 0 Å². The van der Waals surface area contributed by atoms with Crippen LogP contribution in [-0.2, 0) is 33.4 Å². The van der Waals surface area contributed by atoms with E-state index >= 15 is 0 Å². The standard InChI is InChI=1S/C16H35O2PS2.Cu/c1-15(2)11-7-5-9-13-18-19(17,20)21-14-10-6-8-12-16(3)4;/h15-16H,5-14H2,1-4H3,(H,17,20);/q;+1/p-1. The van der Waals surface area contributed by atoms with Crippen LogP contribution in [0.1, 0.15) is 79.1 Å². The molecule has 0 rings (SSSR count). The monoisotopic (exact) mass is 416 g/mol. The van der Waals surface area contributed by atoms with Gasteiger partial charge in [-0.3, -0.25) is 0 Å². The SMILES string of the molecule is CC(C)CCCCCOP([O-])(=S)SCCCCCC(C)C.[Cu+]. The quantitative estimate of drug-likeness (QED) is 0.205. The van der Waals surface area contributed by atoms with Gasteiger partial charge in [-0.1, -0.05) is 78.0 Å². The second kappa shape index (κ2) is 15.9. The molecule has 22 heavy (non-hydrogen) atoms. The van der Waals surface area contributed by atoms with Crippen LogP contribution in [0.15, 0.2) is 0 Å². The maximum Gasteiger partial charge on any atom is 1.00 e. The molecule has 0 N–H and O–H groups in total. The molecule has 0 spiro atoms.